The molecule has 2 atom stereocenters. The van der Waals surface area contributed by atoms with Crippen LogP contribution in [0.1, 0.15) is 38.2 Å². The molecule has 2 heterocycles. The second-order valence-corrected chi connectivity index (χ2v) is 11.1. The predicted octanol–water partition coefficient (Wildman–Crippen LogP) is 3.94. The number of aryl methyl sites for hydroxylation is 1. The summed E-state index contributed by atoms with van der Waals surface area (Å²) in [7, 11) is -3.05. The van der Waals surface area contributed by atoms with Crippen LogP contribution in [0.25, 0.3) is 0 Å². The van der Waals surface area contributed by atoms with Crippen LogP contribution >= 0.6 is 27.7 Å². The van der Waals surface area contributed by atoms with Crippen LogP contribution in [0.15, 0.2) is 27.7 Å². The Morgan fingerprint density at radius 3 is 2.81 bits per heavy atom. The molecular formula is C18H23BrN2O3S2. The van der Waals surface area contributed by atoms with Crippen molar-refractivity contribution in [2.45, 2.75) is 50.8 Å². The number of aliphatic imine (C=N–C) groups is 1. The van der Waals surface area contributed by atoms with Crippen molar-refractivity contribution >= 4 is 54.3 Å². The van der Waals surface area contributed by atoms with Gasteiger partial charge in [-0.1, -0.05) is 47.5 Å². The van der Waals surface area contributed by atoms with Gasteiger partial charge >= 0.3 is 0 Å². The van der Waals surface area contributed by atoms with Gasteiger partial charge in [-0.15, -0.1) is 0 Å². The standard InChI is InChI=1S/C18H23BrN2O3S2/c1-3-4-5-6-17(22)20-18-21(13-7-8-14(19)12(2)9-13)15-10-26(23,24)11-16(15)25-18/h7-9,15-16H,3-6,10-11H2,1-2H3/t15-,16-/m0/s1. The van der Waals surface area contributed by atoms with Gasteiger partial charge in [0.2, 0.25) is 5.91 Å². The van der Waals surface area contributed by atoms with Gasteiger partial charge in [0.1, 0.15) is 0 Å². The van der Waals surface area contributed by atoms with Crippen molar-refractivity contribution in [3.8, 4) is 0 Å². The Hall–Kier alpha value is -0.860. The lowest BCUT2D eigenvalue weighted by Gasteiger charge is -2.25. The second-order valence-electron chi connectivity index (χ2n) is 6.85. The molecule has 0 spiro atoms. The molecule has 0 saturated carbocycles. The van der Waals surface area contributed by atoms with Gasteiger partial charge in [0.05, 0.1) is 17.5 Å². The summed E-state index contributed by atoms with van der Waals surface area (Å²) in [5.41, 5.74) is 1.95. The van der Waals surface area contributed by atoms with Gasteiger partial charge in [0.25, 0.3) is 0 Å². The zero-order chi connectivity index (χ0) is 18.9. The van der Waals surface area contributed by atoms with Gasteiger partial charge in [0.15, 0.2) is 15.0 Å². The van der Waals surface area contributed by atoms with E-state index in [1.54, 1.807) is 0 Å². The molecule has 0 aromatic heterocycles. The van der Waals surface area contributed by atoms with E-state index in [0.717, 1.165) is 35.0 Å². The molecule has 2 saturated heterocycles. The van der Waals surface area contributed by atoms with E-state index in [0.29, 0.717) is 11.6 Å². The number of amides is 1. The Labute approximate surface area is 167 Å². The Kier molecular flexibility index (Phi) is 6.14. The Morgan fingerprint density at radius 1 is 1.35 bits per heavy atom. The zero-order valence-electron chi connectivity index (χ0n) is 14.9. The van der Waals surface area contributed by atoms with Gasteiger partial charge in [-0.25, -0.2) is 8.42 Å². The fraction of sp³-hybridized carbons (Fsp3) is 0.556. The molecule has 142 valence electrons. The summed E-state index contributed by atoms with van der Waals surface area (Å²) in [6.45, 7) is 4.09. The number of amidine groups is 1. The molecule has 1 amide bonds. The number of anilines is 1. The molecule has 0 unspecified atom stereocenters. The van der Waals surface area contributed by atoms with Gasteiger partial charge in [0, 0.05) is 21.8 Å². The molecule has 26 heavy (non-hydrogen) atoms. The first-order valence-electron chi connectivity index (χ1n) is 8.84. The number of hydrogen-bond acceptors (Lipinski definition) is 4. The van der Waals surface area contributed by atoms with Gasteiger partial charge in [-0.2, -0.15) is 4.99 Å². The third-order valence-corrected chi connectivity index (χ3v) is 8.80. The zero-order valence-corrected chi connectivity index (χ0v) is 18.2. The minimum Gasteiger partial charge on any atom is -0.316 e. The fourth-order valence-corrected chi connectivity index (χ4v) is 7.51. The number of thioether (sulfide) groups is 1. The lowest BCUT2D eigenvalue weighted by molar-refractivity contribution is -0.117. The molecule has 0 radical (unpaired) electrons. The number of halogens is 1. The Bertz CT molecular complexity index is 839. The van der Waals surface area contributed by atoms with E-state index >= 15 is 0 Å². The van der Waals surface area contributed by atoms with Crippen LogP contribution < -0.4 is 4.90 Å². The van der Waals surface area contributed by atoms with E-state index < -0.39 is 9.84 Å². The lowest BCUT2D eigenvalue weighted by Crippen LogP contribution is -2.37. The SMILES string of the molecule is CCCCCC(=O)N=C1S[C@H]2CS(=O)(=O)C[C@@H]2N1c1ccc(Br)c(C)c1. The quantitative estimate of drug-likeness (QED) is 0.624. The number of fused-ring (bicyclic) bond motifs is 1. The number of carbonyl (C=O) groups excluding carboxylic acids is 1. The number of benzene rings is 1. The summed E-state index contributed by atoms with van der Waals surface area (Å²) in [5.74, 6) is 0.142. The normalized spacial score (nSPS) is 25.7. The average Bonchev–Trinajstić information content (AvgIpc) is 3.01. The van der Waals surface area contributed by atoms with Crippen LogP contribution in [0.3, 0.4) is 0 Å². The maximum Gasteiger partial charge on any atom is 0.248 e. The molecule has 1 aromatic rings. The third-order valence-electron chi connectivity index (χ3n) is 4.70. The molecule has 8 heteroatoms. The van der Waals surface area contributed by atoms with Gasteiger partial charge in [-0.3, -0.25) is 4.79 Å². The number of hydrogen-bond donors (Lipinski definition) is 0. The minimum atomic E-state index is -3.05. The smallest absolute Gasteiger partial charge is 0.248 e. The number of rotatable bonds is 5. The molecule has 0 aliphatic carbocycles. The van der Waals surface area contributed by atoms with E-state index in [1.807, 2.05) is 30.0 Å². The van der Waals surface area contributed by atoms with E-state index in [1.165, 1.54) is 11.8 Å². The first-order chi connectivity index (χ1) is 12.3. The van der Waals surface area contributed by atoms with Crippen molar-refractivity contribution in [3.05, 3.63) is 28.2 Å². The number of carbonyl (C=O) groups is 1. The van der Waals surface area contributed by atoms with Crippen molar-refractivity contribution in [2.75, 3.05) is 16.4 Å². The average molecular weight is 459 g/mol. The molecule has 0 N–H and O–H groups in total. The summed E-state index contributed by atoms with van der Waals surface area (Å²) in [4.78, 5) is 18.6. The molecule has 2 aliphatic heterocycles. The minimum absolute atomic E-state index is 0.0638. The second kappa shape index (κ2) is 8.02. The van der Waals surface area contributed by atoms with Crippen molar-refractivity contribution in [3.63, 3.8) is 0 Å². The maximum absolute atomic E-state index is 12.3. The van der Waals surface area contributed by atoms with Crippen LogP contribution in [0.4, 0.5) is 5.69 Å². The van der Waals surface area contributed by atoms with Crippen LogP contribution in [-0.2, 0) is 14.6 Å². The first-order valence-corrected chi connectivity index (χ1v) is 12.3. The monoisotopic (exact) mass is 458 g/mol. The summed E-state index contributed by atoms with van der Waals surface area (Å²) in [6, 6.07) is 5.75. The molecule has 2 fully saturated rings. The van der Waals surface area contributed by atoms with Crippen molar-refractivity contribution in [2.24, 2.45) is 4.99 Å². The highest BCUT2D eigenvalue weighted by molar-refractivity contribution is 9.10. The van der Waals surface area contributed by atoms with Crippen LogP contribution in [-0.4, -0.2) is 42.3 Å². The third kappa shape index (κ3) is 4.34. The van der Waals surface area contributed by atoms with E-state index in [9.17, 15) is 13.2 Å². The first kappa shape index (κ1) is 19.9. The van der Waals surface area contributed by atoms with Crippen molar-refractivity contribution < 1.29 is 13.2 Å². The Morgan fingerprint density at radius 2 is 2.12 bits per heavy atom. The van der Waals surface area contributed by atoms with Crippen LogP contribution in [0.5, 0.6) is 0 Å². The maximum atomic E-state index is 12.3. The highest BCUT2D eigenvalue weighted by atomic mass is 79.9. The number of sulfone groups is 1. The van der Waals surface area contributed by atoms with E-state index in [4.69, 9.17) is 0 Å². The summed E-state index contributed by atoms with van der Waals surface area (Å²) in [6.07, 6.45) is 3.36. The molecule has 5 nitrogen and oxygen atoms in total. The highest BCUT2D eigenvalue weighted by Gasteiger charge is 2.49. The Balaban J connectivity index is 1.90. The highest BCUT2D eigenvalue weighted by Crippen LogP contribution is 2.41. The molecule has 2 aliphatic rings. The molecule has 3 rings (SSSR count). The van der Waals surface area contributed by atoms with E-state index in [-0.39, 0.29) is 28.7 Å². The number of unbranched alkanes of at least 4 members (excludes halogenated alkanes) is 2. The summed E-state index contributed by atoms with van der Waals surface area (Å²) in [5, 5.41) is 0.573. The van der Waals surface area contributed by atoms with Crippen molar-refractivity contribution in [1.82, 2.24) is 0 Å². The summed E-state index contributed by atoms with van der Waals surface area (Å²) < 4.78 is 25.2. The number of nitrogens with zero attached hydrogens (tertiary/aromatic N) is 2. The van der Waals surface area contributed by atoms with Gasteiger partial charge in [-0.05, 0) is 37.1 Å². The lowest BCUT2D eigenvalue weighted by atomic mass is 10.1. The summed E-state index contributed by atoms with van der Waals surface area (Å²) >= 11 is 4.93. The topological polar surface area (TPSA) is 66.8 Å². The van der Waals surface area contributed by atoms with E-state index in [2.05, 4.69) is 27.8 Å². The fourth-order valence-electron chi connectivity index (χ4n) is 3.33. The molecular weight excluding hydrogens is 436 g/mol. The molecule has 1 aromatic carbocycles. The molecule has 0 bridgehead atoms. The largest absolute Gasteiger partial charge is 0.316 e. The van der Waals surface area contributed by atoms with Crippen LogP contribution in [0, 0.1) is 6.92 Å². The van der Waals surface area contributed by atoms with Crippen LogP contribution in [0.2, 0.25) is 0 Å². The van der Waals surface area contributed by atoms with Gasteiger partial charge < -0.3 is 4.90 Å². The van der Waals surface area contributed by atoms with Crippen molar-refractivity contribution in [1.29, 1.82) is 0 Å². The predicted molar refractivity (Wildman–Crippen MR) is 112 cm³/mol.